The van der Waals surface area contributed by atoms with Crippen LogP contribution in [0.15, 0.2) is 65.4 Å². The molecule has 0 spiro atoms. The van der Waals surface area contributed by atoms with E-state index in [1.807, 2.05) is 18.2 Å². The molecule has 0 fully saturated rings. The lowest BCUT2D eigenvalue weighted by Gasteiger charge is -2.30. The Kier molecular flexibility index (Phi) is 11.3. The Hall–Kier alpha value is -2.72. The maximum absolute atomic E-state index is 12.7. The Labute approximate surface area is 253 Å². The van der Waals surface area contributed by atoms with Gasteiger partial charge in [0.25, 0.3) is 5.91 Å². The summed E-state index contributed by atoms with van der Waals surface area (Å²) in [5.74, 6) is 0.134. The molecule has 1 aliphatic rings. The molecule has 1 aliphatic heterocycles. The van der Waals surface area contributed by atoms with Gasteiger partial charge in [-0.2, -0.15) is 5.10 Å². The van der Waals surface area contributed by atoms with Crippen LogP contribution in [0.1, 0.15) is 31.0 Å². The first-order valence-corrected chi connectivity index (χ1v) is 14.0. The van der Waals surface area contributed by atoms with Crippen molar-refractivity contribution in [3.8, 4) is 11.5 Å². The van der Waals surface area contributed by atoms with E-state index >= 15 is 0 Å². The van der Waals surface area contributed by atoms with Crippen LogP contribution in [0.5, 0.6) is 11.5 Å². The minimum Gasteiger partial charge on any atom is -0.488 e. The van der Waals surface area contributed by atoms with Crippen molar-refractivity contribution in [2.24, 2.45) is 5.10 Å². The number of halogens is 2. The van der Waals surface area contributed by atoms with Gasteiger partial charge >= 0.3 is 5.97 Å². The summed E-state index contributed by atoms with van der Waals surface area (Å²) in [5.41, 5.74) is 4.79. The van der Waals surface area contributed by atoms with E-state index in [9.17, 15) is 9.59 Å². The van der Waals surface area contributed by atoms with Gasteiger partial charge < -0.3 is 24.8 Å². The average molecular weight is 760 g/mol. The van der Waals surface area contributed by atoms with E-state index in [1.165, 1.54) is 6.21 Å². The van der Waals surface area contributed by atoms with Crippen molar-refractivity contribution in [2.75, 3.05) is 19.8 Å². The zero-order chi connectivity index (χ0) is 27.7. The lowest BCUT2D eigenvalue weighted by molar-refractivity contribution is -0.139. The molecule has 1 amide bonds. The number of allylic oxidation sites excluding steroid dienone is 1. The first-order valence-electron chi connectivity index (χ1n) is 11.5. The fraction of sp³-hybridized carbons (Fsp3) is 0.231. The van der Waals surface area contributed by atoms with Crippen molar-refractivity contribution in [1.29, 1.82) is 0 Å². The minimum atomic E-state index is -0.614. The van der Waals surface area contributed by atoms with E-state index in [0.29, 0.717) is 40.1 Å². The van der Waals surface area contributed by atoms with Crippen molar-refractivity contribution in [3.05, 3.63) is 78.6 Å². The maximum atomic E-state index is 12.7. The van der Waals surface area contributed by atoms with Crippen molar-refractivity contribution in [1.82, 2.24) is 16.1 Å². The molecule has 9 nitrogen and oxygen atoms in total. The van der Waals surface area contributed by atoms with Gasteiger partial charge in [0.1, 0.15) is 18.1 Å². The van der Waals surface area contributed by atoms with E-state index in [2.05, 4.69) is 72.9 Å². The molecule has 200 valence electrons. The second-order valence-corrected chi connectivity index (χ2v) is 10.6. The highest BCUT2D eigenvalue weighted by Gasteiger charge is 2.32. The van der Waals surface area contributed by atoms with E-state index in [4.69, 9.17) is 26.4 Å². The second kappa shape index (κ2) is 14.4. The van der Waals surface area contributed by atoms with Crippen molar-refractivity contribution in [3.63, 3.8) is 0 Å². The zero-order valence-corrected chi connectivity index (χ0v) is 25.8. The summed E-state index contributed by atoms with van der Waals surface area (Å²) < 4.78 is 18.7. The summed E-state index contributed by atoms with van der Waals surface area (Å²) in [5, 5.41) is 10.5. The fourth-order valence-electron chi connectivity index (χ4n) is 3.58. The molecular formula is C26H26I2N4O5S. The Balaban J connectivity index is 1.72. The summed E-state index contributed by atoms with van der Waals surface area (Å²) in [6.45, 7) is 7.45. The zero-order valence-electron chi connectivity index (χ0n) is 20.7. The monoisotopic (exact) mass is 760 g/mol. The Bertz CT molecular complexity index is 1300. The van der Waals surface area contributed by atoms with Crippen molar-refractivity contribution < 1.29 is 23.8 Å². The molecule has 0 aromatic heterocycles. The molecule has 38 heavy (non-hydrogen) atoms. The van der Waals surface area contributed by atoms with Gasteiger partial charge in [0.2, 0.25) is 0 Å². The molecule has 0 bridgehead atoms. The SMILES string of the molecule is C=CCOc1c(I)cc(I)cc1C=NNC(=O)COc1ccccc1[C@@H]1NC(=S)NC(C)=C1C(=O)OCC. The predicted molar refractivity (Wildman–Crippen MR) is 166 cm³/mol. The van der Waals surface area contributed by atoms with Crippen LogP contribution in [0.2, 0.25) is 0 Å². The lowest BCUT2D eigenvalue weighted by Crippen LogP contribution is -2.45. The first-order chi connectivity index (χ1) is 18.2. The summed E-state index contributed by atoms with van der Waals surface area (Å²) in [6.07, 6.45) is 3.18. The number of thiocarbonyl (C=S) groups is 1. The van der Waals surface area contributed by atoms with Crippen LogP contribution in [0, 0.1) is 7.14 Å². The number of carbonyl (C=O) groups excluding carboxylic acids is 2. The normalized spacial score (nSPS) is 14.9. The molecule has 1 atom stereocenters. The molecule has 3 N–H and O–H groups in total. The number of nitrogens with zero attached hydrogens (tertiary/aromatic N) is 1. The number of rotatable bonds is 11. The molecule has 2 aromatic rings. The third-order valence-electron chi connectivity index (χ3n) is 5.13. The van der Waals surface area contributed by atoms with Crippen LogP contribution in [-0.4, -0.2) is 43.0 Å². The molecule has 0 saturated heterocycles. The Morgan fingerprint density at radius 3 is 2.74 bits per heavy atom. The highest BCUT2D eigenvalue weighted by molar-refractivity contribution is 14.1. The number of esters is 1. The van der Waals surface area contributed by atoms with E-state index < -0.39 is 17.9 Å². The van der Waals surface area contributed by atoms with Crippen LogP contribution >= 0.6 is 57.4 Å². The minimum absolute atomic E-state index is 0.231. The molecule has 2 aromatic carbocycles. The average Bonchev–Trinajstić information content (AvgIpc) is 2.86. The highest BCUT2D eigenvalue weighted by atomic mass is 127. The van der Waals surface area contributed by atoms with Crippen molar-refractivity contribution in [2.45, 2.75) is 19.9 Å². The van der Waals surface area contributed by atoms with Crippen LogP contribution in [-0.2, 0) is 14.3 Å². The summed E-state index contributed by atoms with van der Waals surface area (Å²) in [6, 6.07) is 10.4. The van der Waals surface area contributed by atoms with Crippen LogP contribution in [0.4, 0.5) is 0 Å². The smallest absolute Gasteiger partial charge is 0.338 e. The van der Waals surface area contributed by atoms with Gasteiger partial charge in [-0.15, -0.1) is 0 Å². The van der Waals surface area contributed by atoms with Gasteiger partial charge in [-0.3, -0.25) is 4.79 Å². The topological polar surface area (TPSA) is 110 Å². The van der Waals surface area contributed by atoms with Gasteiger partial charge in [0.05, 0.1) is 28.0 Å². The number of ether oxygens (including phenoxy) is 3. The number of carbonyl (C=O) groups is 2. The van der Waals surface area contributed by atoms with Crippen LogP contribution < -0.4 is 25.5 Å². The Morgan fingerprint density at radius 2 is 2.00 bits per heavy atom. The van der Waals surface area contributed by atoms with E-state index in [-0.39, 0.29) is 13.2 Å². The third-order valence-corrected chi connectivity index (χ3v) is 6.77. The van der Waals surface area contributed by atoms with Crippen LogP contribution in [0.3, 0.4) is 0 Å². The van der Waals surface area contributed by atoms with Gasteiger partial charge in [-0.05, 0) is 89.4 Å². The van der Waals surface area contributed by atoms with E-state index in [0.717, 1.165) is 12.7 Å². The molecule has 12 heteroatoms. The van der Waals surface area contributed by atoms with Crippen LogP contribution in [0.25, 0.3) is 0 Å². The molecule has 0 aliphatic carbocycles. The quantitative estimate of drug-likeness (QED) is 0.0776. The van der Waals surface area contributed by atoms with Gasteiger partial charge in [-0.25, -0.2) is 10.2 Å². The lowest BCUT2D eigenvalue weighted by atomic mass is 9.95. The highest BCUT2D eigenvalue weighted by Crippen LogP contribution is 2.33. The largest absolute Gasteiger partial charge is 0.488 e. The molecule has 1 heterocycles. The fourth-order valence-corrected chi connectivity index (χ4v) is 5.89. The molecule has 0 saturated carbocycles. The van der Waals surface area contributed by atoms with E-state index in [1.54, 1.807) is 38.1 Å². The number of benzene rings is 2. The second-order valence-electron chi connectivity index (χ2n) is 7.82. The Morgan fingerprint density at radius 1 is 1.24 bits per heavy atom. The van der Waals surface area contributed by atoms with Gasteiger partial charge in [-0.1, -0.05) is 30.9 Å². The van der Waals surface area contributed by atoms with Crippen molar-refractivity contribution >= 4 is 80.6 Å². The number of hydrogen-bond donors (Lipinski definition) is 3. The molecule has 3 rings (SSSR count). The first kappa shape index (κ1) is 29.8. The van der Waals surface area contributed by atoms with Gasteiger partial charge in [0, 0.05) is 20.4 Å². The number of hydrazone groups is 1. The number of amides is 1. The summed E-state index contributed by atoms with van der Waals surface area (Å²) >= 11 is 9.70. The third kappa shape index (κ3) is 7.89. The molecule has 0 radical (unpaired) electrons. The predicted octanol–water partition coefficient (Wildman–Crippen LogP) is 4.35. The molecular weight excluding hydrogens is 734 g/mol. The number of hydrogen-bond acceptors (Lipinski definition) is 7. The van der Waals surface area contributed by atoms with Gasteiger partial charge in [0.15, 0.2) is 11.7 Å². The molecule has 0 unspecified atom stereocenters. The maximum Gasteiger partial charge on any atom is 0.338 e. The number of nitrogens with one attached hydrogen (secondary N) is 3. The number of para-hydroxylation sites is 1. The summed E-state index contributed by atoms with van der Waals surface area (Å²) in [7, 11) is 0. The summed E-state index contributed by atoms with van der Waals surface area (Å²) in [4.78, 5) is 25.2. The standard InChI is InChI=1S/C26H26I2N4O5S/c1-4-10-36-24-16(11-17(27)12-19(24)28)13-29-32-21(33)14-37-20-9-7-6-8-18(20)23-22(25(34)35-5-2)15(3)30-26(38)31-23/h4,6-9,11-13,23H,1,5,10,14H2,2-3H3,(H,32,33)(H2,30,31,38)/t23-/m0/s1.